The number of hydrogen-bond acceptors (Lipinski definition) is 5. The molecule has 0 spiro atoms. The molecule has 5 rings (SSSR count). The first-order chi connectivity index (χ1) is 23.5. The molecule has 0 radical (unpaired) electrons. The highest BCUT2D eigenvalue weighted by atomic mass is 32.2. The topological polar surface area (TPSA) is 145 Å². The molecule has 3 aromatic carbocycles. The third-order valence-electron chi connectivity index (χ3n) is 10.3. The molecule has 0 saturated heterocycles. The second-order valence-electron chi connectivity index (χ2n) is 13.5. The van der Waals surface area contributed by atoms with E-state index in [2.05, 4.69) is 16.0 Å². The minimum atomic E-state index is -3.90. The molecular formula is C38H48N4O6S. The number of para-hydroxylation sites is 1. The van der Waals surface area contributed by atoms with E-state index in [1.807, 2.05) is 18.2 Å². The maximum Gasteiger partial charge on any atom is 0.319 e. The van der Waals surface area contributed by atoms with Crippen molar-refractivity contribution in [1.29, 1.82) is 0 Å². The lowest BCUT2D eigenvalue weighted by molar-refractivity contribution is -0.136. The van der Waals surface area contributed by atoms with E-state index in [0.717, 1.165) is 37.2 Å². The molecule has 1 atom stereocenters. The Balaban J connectivity index is 1.32. The normalized spacial score (nSPS) is 19.0. The number of urea groups is 1. The number of anilines is 2. The molecule has 1 unspecified atom stereocenters. The van der Waals surface area contributed by atoms with Crippen molar-refractivity contribution < 1.29 is 27.9 Å². The molecule has 0 aromatic heterocycles. The van der Waals surface area contributed by atoms with Crippen LogP contribution < -0.4 is 20.3 Å². The average Bonchev–Trinajstić information content (AvgIpc) is 3.11. The van der Waals surface area contributed by atoms with Gasteiger partial charge in [0.05, 0.1) is 23.0 Å². The fourth-order valence-corrected chi connectivity index (χ4v) is 8.89. The summed E-state index contributed by atoms with van der Waals surface area (Å²) < 4.78 is 28.4. The third-order valence-corrected chi connectivity index (χ3v) is 12.2. The van der Waals surface area contributed by atoms with E-state index in [1.54, 1.807) is 55.5 Å². The number of hydrogen-bond donors (Lipinski definition) is 4. The lowest BCUT2D eigenvalue weighted by Gasteiger charge is -2.38. The van der Waals surface area contributed by atoms with Crippen LogP contribution in [0.5, 0.6) is 0 Å². The van der Waals surface area contributed by atoms with Crippen LogP contribution in [0.25, 0.3) is 0 Å². The van der Waals surface area contributed by atoms with Crippen molar-refractivity contribution in [3.63, 3.8) is 0 Å². The van der Waals surface area contributed by atoms with Gasteiger partial charge < -0.3 is 21.1 Å². The molecule has 262 valence electrons. The molecule has 11 heteroatoms. The fraction of sp³-hybridized carbons (Fsp3) is 0.447. The summed E-state index contributed by atoms with van der Waals surface area (Å²) in [7, 11) is -2.39. The highest BCUT2D eigenvalue weighted by Crippen LogP contribution is 2.43. The Bertz CT molecular complexity index is 1700. The van der Waals surface area contributed by atoms with Crippen LogP contribution in [0.15, 0.2) is 77.7 Å². The Morgan fingerprint density at radius 1 is 0.857 bits per heavy atom. The first-order valence-electron chi connectivity index (χ1n) is 17.3. The zero-order chi connectivity index (χ0) is 35.0. The zero-order valence-electron chi connectivity index (χ0n) is 28.4. The number of amides is 3. The number of nitrogens with one attached hydrogen (secondary N) is 3. The summed E-state index contributed by atoms with van der Waals surface area (Å²) in [6.45, 7) is 1.76. The fourth-order valence-electron chi connectivity index (χ4n) is 7.44. The van der Waals surface area contributed by atoms with Gasteiger partial charge in [0.2, 0.25) is 0 Å². The number of aliphatic carboxylic acids is 1. The van der Waals surface area contributed by atoms with Crippen LogP contribution in [0.3, 0.4) is 0 Å². The van der Waals surface area contributed by atoms with Gasteiger partial charge in [0.25, 0.3) is 15.9 Å². The number of nitrogens with zero attached hydrogens (tertiary/aromatic N) is 1. The highest BCUT2D eigenvalue weighted by molar-refractivity contribution is 7.92. The number of carbonyl (C=O) groups is 3. The Kier molecular flexibility index (Phi) is 12.0. The van der Waals surface area contributed by atoms with Crippen molar-refractivity contribution in [2.24, 2.45) is 17.8 Å². The van der Waals surface area contributed by atoms with E-state index in [0.29, 0.717) is 28.4 Å². The first-order valence-corrected chi connectivity index (χ1v) is 18.8. The van der Waals surface area contributed by atoms with E-state index in [9.17, 15) is 22.8 Å². The zero-order valence-corrected chi connectivity index (χ0v) is 29.2. The van der Waals surface area contributed by atoms with Crippen LogP contribution in [0.2, 0.25) is 0 Å². The van der Waals surface area contributed by atoms with E-state index in [-0.39, 0.29) is 35.7 Å². The summed E-state index contributed by atoms with van der Waals surface area (Å²) >= 11 is 0. The van der Waals surface area contributed by atoms with Crippen LogP contribution in [0, 0.1) is 24.7 Å². The van der Waals surface area contributed by atoms with Crippen molar-refractivity contribution in [3.8, 4) is 0 Å². The molecule has 2 aliphatic rings. The molecule has 2 saturated carbocycles. The van der Waals surface area contributed by atoms with Crippen molar-refractivity contribution in [1.82, 2.24) is 10.6 Å². The predicted octanol–water partition coefficient (Wildman–Crippen LogP) is 7.27. The van der Waals surface area contributed by atoms with Gasteiger partial charge in [-0.1, -0.05) is 68.5 Å². The number of carbonyl (C=O) groups excluding carboxylic acids is 2. The molecule has 2 fully saturated rings. The minimum absolute atomic E-state index is 0.0368. The molecule has 0 heterocycles. The van der Waals surface area contributed by atoms with Gasteiger partial charge in [-0.2, -0.15) is 0 Å². The van der Waals surface area contributed by atoms with Gasteiger partial charge >= 0.3 is 12.0 Å². The Morgan fingerprint density at radius 2 is 1.51 bits per heavy atom. The molecular weight excluding hydrogens is 641 g/mol. The summed E-state index contributed by atoms with van der Waals surface area (Å²) in [5.41, 5.74) is 2.73. The van der Waals surface area contributed by atoms with Crippen LogP contribution in [0.1, 0.15) is 91.7 Å². The van der Waals surface area contributed by atoms with E-state index >= 15 is 0 Å². The van der Waals surface area contributed by atoms with Crippen molar-refractivity contribution in [2.75, 3.05) is 23.2 Å². The largest absolute Gasteiger partial charge is 0.481 e. The molecule has 3 amide bonds. The maximum absolute atomic E-state index is 13.6. The minimum Gasteiger partial charge on any atom is -0.481 e. The van der Waals surface area contributed by atoms with Gasteiger partial charge in [-0.05, 0) is 97.9 Å². The number of carboxylic acid groups (broad SMARTS) is 1. The predicted molar refractivity (Wildman–Crippen MR) is 191 cm³/mol. The standard InChI is InChI=1S/C38H48N4O6S/c1-26-13-22-32(25-34(26)49(47,48)42(2)33-11-7-4-8-12-33)40-38(46)41-36(29-16-14-28(15-17-29)27-9-5-3-6-10-27)30-18-20-31(21-19-30)37(45)39-24-23-35(43)44/h4,7-8,11-13,18-22,25,27-29,36H,3,5-6,9-10,14-17,23-24H2,1-2H3,(H,39,45)(H,43,44)(H2,40,41,46). The Hall–Kier alpha value is -4.38. The second-order valence-corrected chi connectivity index (χ2v) is 15.4. The Labute approximate surface area is 289 Å². The smallest absolute Gasteiger partial charge is 0.319 e. The molecule has 0 aliphatic heterocycles. The SMILES string of the molecule is Cc1ccc(NC(=O)NC(c2ccc(C(=O)NCCC(=O)O)cc2)C2CCC(C3CCCCC3)CC2)cc1S(=O)(=O)N(C)c1ccccc1. The van der Waals surface area contributed by atoms with Gasteiger partial charge in [-0.3, -0.25) is 13.9 Å². The van der Waals surface area contributed by atoms with Crippen molar-refractivity contribution in [2.45, 2.75) is 82.1 Å². The van der Waals surface area contributed by atoms with E-state index < -0.39 is 22.0 Å². The van der Waals surface area contributed by atoms with E-state index in [4.69, 9.17) is 5.11 Å². The highest BCUT2D eigenvalue weighted by Gasteiger charge is 2.33. The first kappa shape index (κ1) is 35.9. The summed E-state index contributed by atoms with van der Waals surface area (Å²) in [6, 6.07) is 20.0. The molecule has 4 N–H and O–H groups in total. The summed E-state index contributed by atoms with van der Waals surface area (Å²) in [6.07, 6.45) is 10.6. The number of sulfonamides is 1. The monoisotopic (exact) mass is 688 g/mol. The van der Waals surface area contributed by atoms with Crippen LogP contribution >= 0.6 is 0 Å². The van der Waals surface area contributed by atoms with Crippen molar-refractivity contribution >= 4 is 39.3 Å². The van der Waals surface area contributed by atoms with Crippen molar-refractivity contribution in [3.05, 3.63) is 89.5 Å². The molecule has 3 aromatic rings. The summed E-state index contributed by atoms with van der Waals surface area (Å²) in [4.78, 5) is 37.1. The molecule has 0 bridgehead atoms. The van der Waals surface area contributed by atoms with Gasteiger partial charge in [-0.15, -0.1) is 0 Å². The Morgan fingerprint density at radius 3 is 2.16 bits per heavy atom. The quantitative estimate of drug-likeness (QED) is 0.158. The van der Waals surface area contributed by atoms with Gasteiger partial charge in [-0.25, -0.2) is 13.2 Å². The number of aryl methyl sites for hydroxylation is 1. The lowest BCUT2D eigenvalue weighted by Crippen LogP contribution is -2.38. The number of carboxylic acids is 1. The van der Waals surface area contributed by atoms with Crippen LogP contribution in [-0.2, 0) is 14.8 Å². The lowest BCUT2D eigenvalue weighted by atomic mass is 9.69. The summed E-state index contributed by atoms with van der Waals surface area (Å²) in [5.74, 6) is 0.352. The molecule has 2 aliphatic carbocycles. The summed E-state index contributed by atoms with van der Waals surface area (Å²) in [5, 5.41) is 17.6. The maximum atomic E-state index is 13.6. The average molecular weight is 689 g/mol. The second kappa shape index (κ2) is 16.3. The van der Waals surface area contributed by atoms with E-state index in [1.165, 1.54) is 49.5 Å². The van der Waals surface area contributed by atoms with Crippen LogP contribution in [-0.4, -0.2) is 45.0 Å². The van der Waals surface area contributed by atoms with Crippen LogP contribution in [0.4, 0.5) is 16.2 Å². The molecule has 49 heavy (non-hydrogen) atoms. The third kappa shape index (κ3) is 9.20. The van der Waals surface area contributed by atoms with Gasteiger partial charge in [0, 0.05) is 24.8 Å². The number of rotatable bonds is 12. The van der Waals surface area contributed by atoms with Gasteiger partial charge in [0.15, 0.2) is 0 Å². The molecule has 10 nitrogen and oxygen atoms in total. The van der Waals surface area contributed by atoms with Gasteiger partial charge in [0.1, 0.15) is 0 Å². The number of benzene rings is 3.